The van der Waals surface area contributed by atoms with Crippen molar-refractivity contribution < 1.29 is 19.4 Å². The molecule has 21 heavy (non-hydrogen) atoms. The number of ether oxygens (including phenoxy) is 2. The van der Waals surface area contributed by atoms with Gasteiger partial charge in [0.1, 0.15) is 23.5 Å². The van der Waals surface area contributed by atoms with Crippen LogP contribution in [0.1, 0.15) is 34.1 Å². The maximum atomic E-state index is 11.3. The van der Waals surface area contributed by atoms with Gasteiger partial charge in [-0.1, -0.05) is 19.1 Å². The number of esters is 1. The summed E-state index contributed by atoms with van der Waals surface area (Å²) in [6.45, 7) is 2.17. The second-order valence-electron chi connectivity index (χ2n) is 4.39. The number of hydrogen-bond donors (Lipinski definition) is 1. The van der Waals surface area contributed by atoms with Gasteiger partial charge in [0.2, 0.25) is 0 Å². The average Bonchev–Trinajstić information content (AvgIpc) is 3.02. The monoisotopic (exact) mass is 307 g/mol. The lowest BCUT2D eigenvalue weighted by molar-refractivity contribution is 0.0593. The zero-order valence-corrected chi connectivity index (χ0v) is 12.7. The molecule has 0 aliphatic heterocycles. The van der Waals surface area contributed by atoms with Crippen molar-refractivity contribution in [2.75, 3.05) is 13.7 Å². The van der Waals surface area contributed by atoms with E-state index in [2.05, 4.69) is 16.6 Å². The Hall–Kier alpha value is -1.92. The minimum Gasteiger partial charge on any atom is -0.490 e. The third kappa shape index (κ3) is 4.03. The van der Waals surface area contributed by atoms with Crippen LogP contribution in [-0.4, -0.2) is 29.8 Å². The highest BCUT2D eigenvalue weighted by molar-refractivity contribution is 7.09. The number of carbonyl (C=O) groups excluding carboxylic acids is 1. The Kier molecular flexibility index (Phi) is 5.30. The largest absolute Gasteiger partial charge is 0.490 e. The highest BCUT2D eigenvalue weighted by Crippen LogP contribution is 2.21. The van der Waals surface area contributed by atoms with Crippen LogP contribution in [0.15, 0.2) is 29.6 Å². The van der Waals surface area contributed by atoms with Crippen molar-refractivity contribution in [3.63, 3.8) is 0 Å². The Morgan fingerprint density at radius 3 is 2.71 bits per heavy atom. The van der Waals surface area contributed by atoms with Crippen molar-refractivity contribution in [2.45, 2.75) is 19.4 Å². The highest BCUT2D eigenvalue weighted by atomic mass is 32.1. The van der Waals surface area contributed by atoms with E-state index in [0.29, 0.717) is 10.8 Å². The minimum atomic E-state index is -0.876. The molecule has 0 saturated carbocycles. The van der Waals surface area contributed by atoms with E-state index in [0.717, 1.165) is 6.42 Å². The Labute approximate surface area is 127 Å². The number of thiazole rings is 1. The molecule has 1 atom stereocenters. The van der Waals surface area contributed by atoms with E-state index in [1.54, 1.807) is 5.38 Å². The molecule has 2 aromatic rings. The molecule has 5 nitrogen and oxygen atoms in total. The first-order valence-electron chi connectivity index (χ1n) is 6.57. The Morgan fingerprint density at radius 1 is 1.38 bits per heavy atom. The molecule has 0 aliphatic carbocycles. The number of rotatable bonds is 6. The van der Waals surface area contributed by atoms with Crippen LogP contribution in [0.3, 0.4) is 0 Å². The molecule has 1 aromatic heterocycles. The van der Waals surface area contributed by atoms with Crippen molar-refractivity contribution in [2.24, 2.45) is 0 Å². The molecule has 0 fully saturated rings. The average molecular weight is 307 g/mol. The molecule has 0 saturated heterocycles. The van der Waals surface area contributed by atoms with Gasteiger partial charge in [0.15, 0.2) is 5.69 Å². The number of aryl methyl sites for hydroxylation is 1. The van der Waals surface area contributed by atoms with E-state index in [4.69, 9.17) is 4.74 Å². The summed E-state index contributed by atoms with van der Waals surface area (Å²) in [5, 5.41) is 12.0. The fourth-order valence-corrected chi connectivity index (χ4v) is 2.46. The number of aromatic nitrogens is 1. The SMILES string of the molecule is CCc1ccc(OCC(O)c2nc(C(=O)OC)cs2)cc1. The van der Waals surface area contributed by atoms with Crippen LogP contribution in [0.2, 0.25) is 0 Å². The second kappa shape index (κ2) is 7.19. The molecule has 2 rings (SSSR count). The summed E-state index contributed by atoms with van der Waals surface area (Å²) < 4.78 is 10.1. The van der Waals surface area contributed by atoms with Gasteiger partial charge >= 0.3 is 5.97 Å². The lowest BCUT2D eigenvalue weighted by Crippen LogP contribution is -2.10. The molecule has 0 aliphatic rings. The summed E-state index contributed by atoms with van der Waals surface area (Å²) in [4.78, 5) is 15.3. The Morgan fingerprint density at radius 2 is 2.10 bits per heavy atom. The number of benzene rings is 1. The molecule has 1 heterocycles. The quantitative estimate of drug-likeness (QED) is 0.831. The van der Waals surface area contributed by atoms with Gasteiger partial charge in [-0.25, -0.2) is 9.78 Å². The maximum Gasteiger partial charge on any atom is 0.357 e. The van der Waals surface area contributed by atoms with Gasteiger partial charge < -0.3 is 14.6 Å². The molecule has 0 radical (unpaired) electrons. The second-order valence-corrected chi connectivity index (χ2v) is 5.28. The van der Waals surface area contributed by atoms with Gasteiger partial charge in [-0.05, 0) is 24.1 Å². The summed E-state index contributed by atoms with van der Waals surface area (Å²) in [5.41, 5.74) is 1.43. The number of hydrogen-bond acceptors (Lipinski definition) is 6. The van der Waals surface area contributed by atoms with Gasteiger partial charge in [-0.3, -0.25) is 0 Å². The Balaban J connectivity index is 1.93. The summed E-state index contributed by atoms with van der Waals surface area (Å²) in [6.07, 6.45) is 0.0949. The summed E-state index contributed by atoms with van der Waals surface area (Å²) in [6, 6.07) is 7.71. The zero-order chi connectivity index (χ0) is 15.2. The summed E-state index contributed by atoms with van der Waals surface area (Å²) >= 11 is 1.20. The molecule has 0 bridgehead atoms. The molecule has 0 spiro atoms. The van der Waals surface area contributed by atoms with Gasteiger partial charge in [0.25, 0.3) is 0 Å². The van der Waals surface area contributed by atoms with E-state index in [1.807, 2.05) is 24.3 Å². The number of nitrogens with zero attached hydrogens (tertiary/aromatic N) is 1. The van der Waals surface area contributed by atoms with Gasteiger partial charge in [-0.15, -0.1) is 11.3 Å². The van der Waals surface area contributed by atoms with Crippen LogP contribution in [0.4, 0.5) is 0 Å². The molecule has 6 heteroatoms. The first-order valence-corrected chi connectivity index (χ1v) is 7.45. The molecule has 1 N–H and O–H groups in total. The number of carbonyl (C=O) groups is 1. The maximum absolute atomic E-state index is 11.3. The van der Waals surface area contributed by atoms with Crippen LogP contribution in [-0.2, 0) is 11.2 Å². The molecule has 1 aromatic carbocycles. The van der Waals surface area contributed by atoms with Crippen molar-refractivity contribution in [3.8, 4) is 5.75 Å². The molecular formula is C15H17NO4S. The topological polar surface area (TPSA) is 68.7 Å². The van der Waals surface area contributed by atoms with Crippen LogP contribution < -0.4 is 4.74 Å². The summed E-state index contributed by atoms with van der Waals surface area (Å²) in [5.74, 6) is 0.178. The van der Waals surface area contributed by atoms with Gasteiger partial charge in [0, 0.05) is 5.38 Å². The normalized spacial score (nSPS) is 12.0. The van der Waals surface area contributed by atoms with Crippen LogP contribution in [0, 0.1) is 0 Å². The lowest BCUT2D eigenvalue weighted by atomic mass is 10.2. The lowest BCUT2D eigenvalue weighted by Gasteiger charge is -2.10. The predicted octanol–water partition coefficient (Wildman–Crippen LogP) is 2.60. The van der Waals surface area contributed by atoms with E-state index >= 15 is 0 Å². The third-order valence-electron chi connectivity index (χ3n) is 2.94. The fourth-order valence-electron chi connectivity index (χ4n) is 1.71. The molecule has 1 unspecified atom stereocenters. The zero-order valence-electron chi connectivity index (χ0n) is 11.9. The number of aliphatic hydroxyl groups is 1. The molecule has 0 amide bonds. The predicted molar refractivity (Wildman–Crippen MR) is 79.7 cm³/mol. The smallest absolute Gasteiger partial charge is 0.357 e. The Bertz CT molecular complexity index is 594. The van der Waals surface area contributed by atoms with Crippen LogP contribution >= 0.6 is 11.3 Å². The van der Waals surface area contributed by atoms with Crippen molar-refractivity contribution >= 4 is 17.3 Å². The van der Waals surface area contributed by atoms with Gasteiger partial charge in [0.05, 0.1) is 7.11 Å². The molecule has 112 valence electrons. The van der Waals surface area contributed by atoms with E-state index in [-0.39, 0.29) is 12.3 Å². The standard InChI is InChI=1S/C15H17NO4S/c1-3-10-4-6-11(7-5-10)20-8-13(17)14-16-12(9-21-14)15(18)19-2/h4-7,9,13,17H,3,8H2,1-2H3. The molecular weight excluding hydrogens is 290 g/mol. The van der Waals surface area contributed by atoms with E-state index in [9.17, 15) is 9.90 Å². The fraction of sp³-hybridized carbons (Fsp3) is 0.333. The first-order chi connectivity index (χ1) is 10.1. The van der Waals surface area contributed by atoms with Crippen LogP contribution in [0.25, 0.3) is 0 Å². The minimum absolute atomic E-state index is 0.0829. The van der Waals surface area contributed by atoms with E-state index in [1.165, 1.54) is 24.0 Å². The van der Waals surface area contributed by atoms with Crippen molar-refractivity contribution in [1.29, 1.82) is 0 Å². The summed E-state index contributed by atoms with van der Waals surface area (Å²) in [7, 11) is 1.29. The number of methoxy groups -OCH3 is 1. The van der Waals surface area contributed by atoms with Gasteiger partial charge in [-0.2, -0.15) is 0 Å². The van der Waals surface area contributed by atoms with E-state index < -0.39 is 12.1 Å². The first kappa shape index (κ1) is 15.5. The third-order valence-corrected chi connectivity index (χ3v) is 3.89. The highest BCUT2D eigenvalue weighted by Gasteiger charge is 2.17. The van der Waals surface area contributed by atoms with Crippen molar-refractivity contribution in [3.05, 3.63) is 45.9 Å². The van der Waals surface area contributed by atoms with Crippen LogP contribution in [0.5, 0.6) is 5.75 Å². The van der Waals surface area contributed by atoms with Crippen molar-refractivity contribution in [1.82, 2.24) is 4.98 Å². The number of aliphatic hydroxyl groups excluding tert-OH is 1.